The number of para-hydroxylation sites is 1. The van der Waals surface area contributed by atoms with Crippen molar-refractivity contribution in [3.05, 3.63) is 82.4 Å². The molecule has 0 radical (unpaired) electrons. The first-order chi connectivity index (χ1) is 12.9. The van der Waals surface area contributed by atoms with Gasteiger partial charge in [-0.1, -0.05) is 12.1 Å². The van der Waals surface area contributed by atoms with Crippen molar-refractivity contribution in [2.45, 2.75) is 20.8 Å². The SMILES string of the molecule is COC(=O)c1ccc(-n2c(C)cc(C=Nc3ccccc3F)c2C)c(C)c1. The summed E-state index contributed by atoms with van der Waals surface area (Å²) in [5.41, 5.74) is 5.68. The van der Waals surface area contributed by atoms with Crippen LogP contribution in [0.25, 0.3) is 5.69 Å². The lowest BCUT2D eigenvalue weighted by Crippen LogP contribution is -2.06. The Bertz CT molecular complexity index is 1030. The first kappa shape index (κ1) is 18.6. The van der Waals surface area contributed by atoms with Crippen molar-refractivity contribution in [1.29, 1.82) is 0 Å². The standard InChI is InChI=1S/C22H21FN2O2/c1-14-11-17(22(26)27-4)9-10-21(14)25-15(2)12-18(16(25)3)13-24-20-8-6-5-7-19(20)23/h5-13H,1-4H3. The van der Waals surface area contributed by atoms with E-state index in [0.717, 1.165) is 28.2 Å². The molecule has 0 amide bonds. The highest BCUT2D eigenvalue weighted by Gasteiger charge is 2.14. The number of nitrogens with zero attached hydrogens (tertiary/aromatic N) is 2. The number of methoxy groups -OCH3 is 1. The Morgan fingerprint density at radius 1 is 1.11 bits per heavy atom. The maximum Gasteiger partial charge on any atom is 0.337 e. The number of benzene rings is 2. The van der Waals surface area contributed by atoms with Crippen LogP contribution >= 0.6 is 0 Å². The molecule has 0 atom stereocenters. The van der Waals surface area contributed by atoms with Crippen LogP contribution in [0.4, 0.5) is 10.1 Å². The van der Waals surface area contributed by atoms with E-state index in [1.807, 2.05) is 39.0 Å². The van der Waals surface area contributed by atoms with Crippen molar-refractivity contribution in [1.82, 2.24) is 4.57 Å². The van der Waals surface area contributed by atoms with Crippen LogP contribution in [0.3, 0.4) is 0 Å². The molecular weight excluding hydrogens is 343 g/mol. The molecule has 0 aliphatic heterocycles. The summed E-state index contributed by atoms with van der Waals surface area (Å²) in [5.74, 6) is -0.708. The second kappa shape index (κ2) is 7.58. The predicted octanol–water partition coefficient (Wildman–Crippen LogP) is 5.08. The van der Waals surface area contributed by atoms with E-state index < -0.39 is 0 Å². The lowest BCUT2D eigenvalue weighted by Gasteiger charge is -2.13. The summed E-state index contributed by atoms with van der Waals surface area (Å²) in [6.45, 7) is 5.94. The highest BCUT2D eigenvalue weighted by Crippen LogP contribution is 2.24. The quantitative estimate of drug-likeness (QED) is 0.479. The molecule has 0 spiro atoms. The third-order valence-corrected chi connectivity index (χ3v) is 4.52. The van der Waals surface area contributed by atoms with E-state index in [1.165, 1.54) is 13.2 Å². The minimum Gasteiger partial charge on any atom is -0.465 e. The van der Waals surface area contributed by atoms with Gasteiger partial charge in [-0.2, -0.15) is 0 Å². The molecular formula is C22H21FN2O2. The number of carbonyl (C=O) groups is 1. The predicted molar refractivity (Wildman–Crippen MR) is 105 cm³/mol. The van der Waals surface area contributed by atoms with E-state index in [-0.39, 0.29) is 11.8 Å². The topological polar surface area (TPSA) is 43.6 Å². The van der Waals surface area contributed by atoms with Crippen LogP contribution in [-0.2, 0) is 4.74 Å². The molecule has 0 N–H and O–H groups in total. The van der Waals surface area contributed by atoms with Crippen LogP contribution in [0.1, 0.15) is 32.9 Å². The maximum atomic E-state index is 13.8. The third kappa shape index (κ3) is 3.67. The number of halogens is 1. The number of aryl methyl sites for hydroxylation is 2. The molecule has 3 aromatic rings. The molecule has 4 nitrogen and oxygen atoms in total. The van der Waals surface area contributed by atoms with Crippen LogP contribution in [0.15, 0.2) is 53.5 Å². The molecule has 0 bridgehead atoms. The van der Waals surface area contributed by atoms with Crippen LogP contribution in [-0.4, -0.2) is 23.9 Å². The summed E-state index contributed by atoms with van der Waals surface area (Å²) in [6.07, 6.45) is 1.68. The zero-order chi connectivity index (χ0) is 19.6. The second-order valence-corrected chi connectivity index (χ2v) is 6.36. The van der Waals surface area contributed by atoms with Crippen molar-refractivity contribution in [3.63, 3.8) is 0 Å². The molecule has 5 heteroatoms. The number of aromatic nitrogens is 1. The summed E-state index contributed by atoms with van der Waals surface area (Å²) < 4.78 is 20.6. The highest BCUT2D eigenvalue weighted by molar-refractivity contribution is 5.90. The minimum atomic E-state index is -0.358. The molecule has 0 saturated heterocycles. The number of hydrogen-bond donors (Lipinski definition) is 0. The Kier molecular flexibility index (Phi) is 5.21. The van der Waals surface area contributed by atoms with Gasteiger partial charge in [0.05, 0.1) is 18.4 Å². The molecule has 1 heterocycles. The molecule has 0 saturated carbocycles. The van der Waals surface area contributed by atoms with Gasteiger partial charge in [0.1, 0.15) is 5.82 Å². The minimum absolute atomic E-state index is 0.306. The van der Waals surface area contributed by atoms with Gasteiger partial charge in [-0.15, -0.1) is 0 Å². The zero-order valence-corrected chi connectivity index (χ0v) is 15.8. The molecule has 138 valence electrons. The van der Waals surface area contributed by atoms with E-state index in [1.54, 1.807) is 30.5 Å². The smallest absolute Gasteiger partial charge is 0.337 e. The first-order valence-electron chi connectivity index (χ1n) is 8.59. The van der Waals surface area contributed by atoms with E-state index >= 15 is 0 Å². The van der Waals surface area contributed by atoms with Crippen LogP contribution < -0.4 is 0 Å². The van der Waals surface area contributed by atoms with E-state index in [2.05, 4.69) is 9.56 Å². The number of hydrogen-bond acceptors (Lipinski definition) is 3. The maximum absolute atomic E-state index is 13.8. The third-order valence-electron chi connectivity index (χ3n) is 4.52. The molecule has 1 aromatic heterocycles. The number of carbonyl (C=O) groups excluding carboxylic acids is 1. The lowest BCUT2D eigenvalue weighted by molar-refractivity contribution is 0.0600. The van der Waals surface area contributed by atoms with Gasteiger partial charge in [0.15, 0.2) is 0 Å². The van der Waals surface area contributed by atoms with Crippen LogP contribution in [0.5, 0.6) is 0 Å². The Morgan fingerprint density at radius 3 is 2.52 bits per heavy atom. The fourth-order valence-electron chi connectivity index (χ4n) is 3.14. The van der Waals surface area contributed by atoms with E-state index in [9.17, 15) is 9.18 Å². The monoisotopic (exact) mass is 364 g/mol. The number of ether oxygens (including phenoxy) is 1. The Labute approximate surface area is 157 Å². The van der Waals surface area contributed by atoms with Gasteiger partial charge in [0, 0.05) is 28.9 Å². The number of rotatable bonds is 4. The molecule has 27 heavy (non-hydrogen) atoms. The fraction of sp³-hybridized carbons (Fsp3) is 0.182. The van der Waals surface area contributed by atoms with Gasteiger partial charge in [-0.05, 0) is 62.7 Å². The van der Waals surface area contributed by atoms with Crippen LogP contribution in [0.2, 0.25) is 0 Å². The van der Waals surface area contributed by atoms with Gasteiger partial charge in [-0.25, -0.2) is 9.18 Å². The average molecular weight is 364 g/mol. The second-order valence-electron chi connectivity index (χ2n) is 6.36. The van der Waals surface area contributed by atoms with E-state index in [4.69, 9.17) is 4.74 Å². The summed E-state index contributed by atoms with van der Waals surface area (Å²) in [7, 11) is 1.37. The van der Waals surface area contributed by atoms with Crippen molar-refractivity contribution >= 4 is 17.9 Å². The van der Waals surface area contributed by atoms with Gasteiger partial charge in [0.25, 0.3) is 0 Å². The summed E-state index contributed by atoms with van der Waals surface area (Å²) >= 11 is 0. The summed E-state index contributed by atoms with van der Waals surface area (Å²) in [5, 5.41) is 0. The van der Waals surface area contributed by atoms with Crippen molar-refractivity contribution in [3.8, 4) is 5.69 Å². The zero-order valence-electron chi connectivity index (χ0n) is 15.8. The molecule has 3 rings (SSSR count). The molecule has 0 aliphatic rings. The van der Waals surface area contributed by atoms with Gasteiger partial charge < -0.3 is 9.30 Å². The highest BCUT2D eigenvalue weighted by atomic mass is 19.1. The number of aliphatic imine (C=N–C) groups is 1. The molecule has 0 aliphatic carbocycles. The van der Waals surface area contributed by atoms with Crippen LogP contribution in [0, 0.1) is 26.6 Å². The fourth-order valence-corrected chi connectivity index (χ4v) is 3.14. The first-order valence-corrected chi connectivity index (χ1v) is 8.59. The van der Waals surface area contributed by atoms with E-state index in [0.29, 0.717) is 11.3 Å². The van der Waals surface area contributed by atoms with Gasteiger partial charge >= 0.3 is 5.97 Å². The summed E-state index contributed by atoms with van der Waals surface area (Å²) in [6, 6.07) is 13.9. The van der Waals surface area contributed by atoms with Crippen molar-refractivity contribution in [2.75, 3.05) is 7.11 Å². The van der Waals surface area contributed by atoms with Gasteiger partial charge in [0.2, 0.25) is 0 Å². The summed E-state index contributed by atoms with van der Waals surface area (Å²) in [4.78, 5) is 16.0. The largest absolute Gasteiger partial charge is 0.465 e. The molecule has 0 fully saturated rings. The van der Waals surface area contributed by atoms with Gasteiger partial charge in [-0.3, -0.25) is 4.99 Å². The van der Waals surface area contributed by atoms with Crippen molar-refractivity contribution < 1.29 is 13.9 Å². The molecule has 2 aromatic carbocycles. The lowest BCUT2D eigenvalue weighted by atomic mass is 10.1. The normalized spacial score (nSPS) is 11.1. The Balaban J connectivity index is 1.99. The van der Waals surface area contributed by atoms with Crippen molar-refractivity contribution in [2.24, 2.45) is 4.99 Å². The Morgan fingerprint density at radius 2 is 1.85 bits per heavy atom. The number of esters is 1. The average Bonchev–Trinajstić information content (AvgIpc) is 2.94. The molecule has 0 unspecified atom stereocenters. The Hall–Kier alpha value is -3.21.